The van der Waals surface area contributed by atoms with Gasteiger partial charge in [0.15, 0.2) is 5.58 Å². The molecule has 1 aliphatic rings. The summed E-state index contributed by atoms with van der Waals surface area (Å²) in [4.78, 5) is 18.8. The number of methoxy groups -OCH3 is 2. The Kier molecular flexibility index (Phi) is 6.33. The Hall–Kier alpha value is -2.28. The average molecular weight is 361 g/mol. The number of rotatable bonds is 8. The average Bonchev–Trinajstić information content (AvgIpc) is 3.08. The highest BCUT2D eigenvalue weighted by molar-refractivity contribution is 5.77. The van der Waals surface area contributed by atoms with Crippen molar-refractivity contribution in [1.82, 2.24) is 10.3 Å². The number of carbonyl (C=O) groups excluding carboxylic acids is 1. The molecule has 0 radical (unpaired) electrons. The van der Waals surface area contributed by atoms with Gasteiger partial charge in [0, 0.05) is 45.8 Å². The van der Waals surface area contributed by atoms with Gasteiger partial charge in [0.1, 0.15) is 11.3 Å². The van der Waals surface area contributed by atoms with Crippen LogP contribution in [0, 0.1) is 5.92 Å². The Morgan fingerprint density at radius 2 is 2.31 bits per heavy atom. The Balaban J connectivity index is 1.57. The fourth-order valence-electron chi connectivity index (χ4n) is 3.34. The fraction of sp³-hybridized carbons (Fsp3) is 0.579. The smallest absolute Gasteiger partial charge is 0.298 e. The van der Waals surface area contributed by atoms with Gasteiger partial charge < -0.3 is 24.1 Å². The summed E-state index contributed by atoms with van der Waals surface area (Å²) >= 11 is 0. The molecule has 26 heavy (non-hydrogen) atoms. The van der Waals surface area contributed by atoms with E-state index in [4.69, 9.17) is 13.9 Å². The Labute approximate surface area is 153 Å². The third-order valence-corrected chi connectivity index (χ3v) is 4.69. The van der Waals surface area contributed by atoms with E-state index in [0.29, 0.717) is 31.5 Å². The van der Waals surface area contributed by atoms with Crippen LogP contribution in [0.5, 0.6) is 5.75 Å². The molecular formula is C19H27N3O4. The molecule has 1 N–H and O–H groups in total. The molecule has 7 nitrogen and oxygen atoms in total. The molecule has 7 heteroatoms. The van der Waals surface area contributed by atoms with Crippen molar-refractivity contribution in [3.05, 3.63) is 18.2 Å². The van der Waals surface area contributed by atoms with Crippen molar-refractivity contribution in [3.63, 3.8) is 0 Å². The number of amides is 1. The van der Waals surface area contributed by atoms with Gasteiger partial charge in [-0.15, -0.1) is 0 Å². The van der Waals surface area contributed by atoms with Crippen molar-refractivity contribution in [1.29, 1.82) is 0 Å². The van der Waals surface area contributed by atoms with E-state index in [2.05, 4.69) is 15.2 Å². The lowest BCUT2D eigenvalue weighted by Gasteiger charge is -2.31. The molecule has 1 amide bonds. The van der Waals surface area contributed by atoms with Gasteiger partial charge in [-0.1, -0.05) is 0 Å². The SMILES string of the molecule is COCCCNC(=O)CC1CCCN(c2nc3cc(OC)ccc3o2)C1. The number of fused-ring (bicyclic) bond motifs is 1. The van der Waals surface area contributed by atoms with E-state index in [1.165, 1.54) is 0 Å². The second kappa shape index (κ2) is 8.89. The zero-order valence-electron chi connectivity index (χ0n) is 15.5. The van der Waals surface area contributed by atoms with E-state index in [0.717, 1.165) is 49.2 Å². The first kappa shape index (κ1) is 18.5. The minimum absolute atomic E-state index is 0.107. The lowest BCUT2D eigenvalue weighted by molar-refractivity contribution is -0.122. The lowest BCUT2D eigenvalue weighted by Crippen LogP contribution is -2.38. The molecule has 2 aromatic rings. The maximum atomic E-state index is 12.1. The van der Waals surface area contributed by atoms with Crippen LogP contribution in [0.25, 0.3) is 11.1 Å². The zero-order valence-corrected chi connectivity index (χ0v) is 15.5. The second-order valence-electron chi connectivity index (χ2n) is 6.68. The summed E-state index contributed by atoms with van der Waals surface area (Å²) < 4.78 is 16.1. The van der Waals surface area contributed by atoms with E-state index in [9.17, 15) is 4.79 Å². The maximum absolute atomic E-state index is 12.1. The number of nitrogens with zero attached hydrogens (tertiary/aromatic N) is 2. The summed E-state index contributed by atoms with van der Waals surface area (Å²) in [7, 11) is 3.30. The molecule has 1 saturated heterocycles. The molecule has 0 saturated carbocycles. The number of hydrogen-bond donors (Lipinski definition) is 1. The number of hydrogen-bond acceptors (Lipinski definition) is 6. The Morgan fingerprint density at radius 1 is 1.42 bits per heavy atom. The van der Waals surface area contributed by atoms with Gasteiger partial charge >= 0.3 is 0 Å². The van der Waals surface area contributed by atoms with E-state index in [1.54, 1.807) is 14.2 Å². The summed E-state index contributed by atoms with van der Waals surface area (Å²) in [5.74, 6) is 1.19. The molecule has 1 atom stereocenters. The Morgan fingerprint density at radius 3 is 3.12 bits per heavy atom. The predicted octanol–water partition coefficient (Wildman–Crippen LogP) is 2.60. The highest BCUT2D eigenvalue weighted by Gasteiger charge is 2.25. The van der Waals surface area contributed by atoms with Gasteiger partial charge in [-0.25, -0.2) is 0 Å². The maximum Gasteiger partial charge on any atom is 0.298 e. The molecule has 1 fully saturated rings. The van der Waals surface area contributed by atoms with Gasteiger partial charge in [-0.05, 0) is 37.3 Å². The van der Waals surface area contributed by atoms with Gasteiger partial charge in [0.25, 0.3) is 6.01 Å². The quantitative estimate of drug-likeness (QED) is 0.728. The highest BCUT2D eigenvalue weighted by Crippen LogP contribution is 2.29. The molecule has 0 bridgehead atoms. The fourth-order valence-corrected chi connectivity index (χ4v) is 3.34. The molecule has 142 valence electrons. The van der Waals surface area contributed by atoms with Crippen LogP contribution in [-0.4, -0.2) is 51.4 Å². The summed E-state index contributed by atoms with van der Waals surface area (Å²) in [6.07, 6.45) is 3.46. The van der Waals surface area contributed by atoms with Gasteiger partial charge in [-0.2, -0.15) is 4.98 Å². The second-order valence-corrected chi connectivity index (χ2v) is 6.68. The third-order valence-electron chi connectivity index (χ3n) is 4.69. The number of ether oxygens (including phenoxy) is 2. The third kappa shape index (κ3) is 4.66. The van der Waals surface area contributed by atoms with Crippen molar-refractivity contribution in [3.8, 4) is 5.75 Å². The molecule has 0 spiro atoms. The van der Waals surface area contributed by atoms with Crippen LogP contribution in [0.2, 0.25) is 0 Å². The molecule has 2 heterocycles. The van der Waals surface area contributed by atoms with E-state index < -0.39 is 0 Å². The molecule has 1 aromatic heterocycles. The Bertz CT molecular complexity index is 731. The molecule has 1 aliphatic heterocycles. The van der Waals surface area contributed by atoms with Crippen LogP contribution in [0.15, 0.2) is 22.6 Å². The number of anilines is 1. The summed E-state index contributed by atoms with van der Waals surface area (Å²) in [5, 5.41) is 2.96. The first-order valence-electron chi connectivity index (χ1n) is 9.14. The minimum atomic E-state index is 0.107. The summed E-state index contributed by atoms with van der Waals surface area (Å²) in [5.41, 5.74) is 1.54. The molecule has 0 aliphatic carbocycles. The number of piperidine rings is 1. The summed E-state index contributed by atoms with van der Waals surface area (Å²) in [6.45, 7) is 3.02. The van der Waals surface area contributed by atoms with Gasteiger partial charge in [0.2, 0.25) is 5.91 Å². The highest BCUT2D eigenvalue weighted by atomic mass is 16.5. The van der Waals surface area contributed by atoms with Crippen LogP contribution in [0.3, 0.4) is 0 Å². The summed E-state index contributed by atoms with van der Waals surface area (Å²) in [6, 6.07) is 6.24. The normalized spacial score (nSPS) is 17.5. The number of carbonyl (C=O) groups is 1. The number of benzene rings is 1. The van der Waals surface area contributed by atoms with E-state index in [1.807, 2.05) is 18.2 Å². The van der Waals surface area contributed by atoms with E-state index >= 15 is 0 Å². The lowest BCUT2D eigenvalue weighted by atomic mass is 9.94. The first-order valence-corrected chi connectivity index (χ1v) is 9.14. The van der Waals surface area contributed by atoms with E-state index in [-0.39, 0.29) is 5.91 Å². The van der Waals surface area contributed by atoms with Crippen molar-refractivity contribution in [2.45, 2.75) is 25.7 Å². The van der Waals surface area contributed by atoms with Crippen LogP contribution in [-0.2, 0) is 9.53 Å². The van der Waals surface area contributed by atoms with Gasteiger partial charge in [-0.3, -0.25) is 4.79 Å². The minimum Gasteiger partial charge on any atom is -0.497 e. The molecule has 3 rings (SSSR count). The van der Waals surface area contributed by atoms with Gasteiger partial charge in [0.05, 0.1) is 7.11 Å². The van der Waals surface area contributed by atoms with Crippen molar-refractivity contribution in [2.24, 2.45) is 5.92 Å². The molecular weight excluding hydrogens is 334 g/mol. The number of aromatic nitrogens is 1. The van der Waals surface area contributed by atoms with Crippen LogP contribution in [0.1, 0.15) is 25.7 Å². The molecule has 1 unspecified atom stereocenters. The number of nitrogens with one attached hydrogen (secondary N) is 1. The standard InChI is InChI=1S/C19H27N3O4/c1-24-10-4-8-20-18(23)11-14-5-3-9-22(13-14)19-21-16-12-15(25-2)6-7-17(16)26-19/h6-7,12,14H,3-5,8-11,13H2,1-2H3,(H,20,23). The predicted molar refractivity (Wildman–Crippen MR) is 99.6 cm³/mol. The van der Waals surface area contributed by atoms with Crippen molar-refractivity contribution in [2.75, 3.05) is 45.4 Å². The topological polar surface area (TPSA) is 76.8 Å². The van der Waals surface area contributed by atoms with Crippen molar-refractivity contribution < 1.29 is 18.7 Å². The van der Waals surface area contributed by atoms with Crippen LogP contribution in [0.4, 0.5) is 6.01 Å². The number of oxazole rings is 1. The first-order chi connectivity index (χ1) is 12.7. The van der Waals surface area contributed by atoms with Crippen LogP contribution < -0.4 is 15.0 Å². The molecule has 1 aromatic carbocycles. The monoisotopic (exact) mass is 361 g/mol. The largest absolute Gasteiger partial charge is 0.497 e. The van der Waals surface area contributed by atoms with Crippen LogP contribution >= 0.6 is 0 Å². The van der Waals surface area contributed by atoms with Crippen molar-refractivity contribution >= 4 is 23.0 Å². The zero-order chi connectivity index (χ0) is 18.4.